The maximum atomic E-state index is 13.3. The van der Waals surface area contributed by atoms with Gasteiger partial charge in [0.2, 0.25) is 11.8 Å². The van der Waals surface area contributed by atoms with E-state index in [0.717, 1.165) is 30.9 Å². The number of amides is 1. The number of aromatic nitrogens is 2. The highest BCUT2D eigenvalue weighted by atomic mass is 19.3. The van der Waals surface area contributed by atoms with Crippen molar-refractivity contribution in [3.05, 3.63) is 23.8 Å². The second-order valence-corrected chi connectivity index (χ2v) is 6.78. The highest BCUT2D eigenvalue weighted by molar-refractivity contribution is 5.79. The Labute approximate surface area is 135 Å². The molecule has 1 saturated carbocycles. The van der Waals surface area contributed by atoms with Crippen molar-refractivity contribution in [3.63, 3.8) is 0 Å². The number of aryl methyl sites for hydroxylation is 1. The molecule has 1 aliphatic heterocycles. The number of carbonyl (C=O) groups excluding carboxylic acids is 1. The number of halogens is 2. The smallest absolute Gasteiger partial charge is 0.248 e. The maximum Gasteiger partial charge on any atom is 0.248 e. The summed E-state index contributed by atoms with van der Waals surface area (Å²) in [4.78, 5) is 23.1. The van der Waals surface area contributed by atoms with Gasteiger partial charge in [-0.3, -0.25) is 4.79 Å². The Morgan fingerprint density at radius 1 is 1.30 bits per heavy atom. The van der Waals surface area contributed by atoms with Crippen LogP contribution in [0.4, 0.5) is 8.78 Å². The van der Waals surface area contributed by atoms with E-state index >= 15 is 0 Å². The summed E-state index contributed by atoms with van der Waals surface area (Å²) in [6, 6.07) is 1.91. The van der Waals surface area contributed by atoms with Crippen molar-refractivity contribution in [1.82, 2.24) is 14.9 Å². The van der Waals surface area contributed by atoms with Crippen LogP contribution in [0.3, 0.4) is 0 Å². The molecule has 1 aromatic heterocycles. The van der Waals surface area contributed by atoms with E-state index in [1.165, 1.54) is 0 Å². The third kappa shape index (κ3) is 3.85. The van der Waals surface area contributed by atoms with Crippen molar-refractivity contribution < 1.29 is 13.6 Å². The van der Waals surface area contributed by atoms with Crippen molar-refractivity contribution in [2.75, 3.05) is 13.1 Å². The molecule has 0 bridgehead atoms. The second-order valence-electron chi connectivity index (χ2n) is 6.78. The largest absolute Gasteiger partial charge is 0.342 e. The minimum Gasteiger partial charge on any atom is -0.342 e. The SMILES string of the molecule is Cc1nccc([C@@H]2CCCN(C(=O)C3CCC(F)(F)CC3)C2)n1. The van der Waals surface area contributed by atoms with Crippen LogP contribution in [0.2, 0.25) is 0 Å². The number of carbonyl (C=O) groups is 1. The molecule has 0 unspecified atom stereocenters. The van der Waals surface area contributed by atoms with E-state index in [9.17, 15) is 13.6 Å². The highest BCUT2D eigenvalue weighted by Crippen LogP contribution is 2.37. The van der Waals surface area contributed by atoms with Crippen LogP contribution in [-0.2, 0) is 4.79 Å². The van der Waals surface area contributed by atoms with Crippen molar-refractivity contribution in [3.8, 4) is 0 Å². The number of hydrogen-bond acceptors (Lipinski definition) is 3. The Morgan fingerprint density at radius 3 is 2.74 bits per heavy atom. The predicted molar refractivity (Wildman–Crippen MR) is 82.2 cm³/mol. The Morgan fingerprint density at radius 2 is 2.04 bits per heavy atom. The second kappa shape index (κ2) is 6.49. The molecule has 1 amide bonds. The average Bonchev–Trinajstić information content (AvgIpc) is 2.54. The van der Waals surface area contributed by atoms with Gasteiger partial charge in [-0.05, 0) is 38.7 Å². The Balaban J connectivity index is 1.63. The number of likely N-dealkylation sites (tertiary alicyclic amines) is 1. The van der Waals surface area contributed by atoms with Gasteiger partial charge >= 0.3 is 0 Å². The topological polar surface area (TPSA) is 46.1 Å². The summed E-state index contributed by atoms with van der Waals surface area (Å²) in [5, 5.41) is 0. The van der Waals surface area contributed by atoms with Crippen LogP contribution >= 0.6 is 0 Å². The molecule has 1 saturated heterocycles. The Hall–Kier alpha value is -1.59. The van der Waals surface area contributed by atoms with Crippen LogP contribution in [0.1, 0.15) is 56.0 Å². The van der Waals surface area contributed by atoms with E-state index in [-0.39, 0.29) is 30.6 Å². The molecular weight excluding hydrogens is 300 g/mol. The first kappa shape index (κ1) is 16.3. The molecule has 2 aliphatic rings. The molecule has 2 fully saturated rings. The van der Waals surface area contributed by atoms with Gasteiger partial charge in [0.05, 0.1) is 0 Å². The lowest BCUT2D eigenvalue weighted by molar-refractivity contribution is -0.140. The van der Waals surface area contributed by atoms with Gasteiger partial charge < -0.3 is 4.90 Å². The fourth-order valence-electron chi connectivity index (χ4n) is 3.67. The predicted octanol–water partition coefficient (Wildman–Crippen LogP) is 3.32. The number of rotatable bonds is 2. The molecule has 0 N–H and O–H groups in total. The molecular formula is C17H23F2N3O. The van der Waals surface area contributed by atoms with Gasteiger partial charge in [0, 0.05) is 49.7 Å². The summed E-state index contributed by atoms with van der Waals surface area (Å²) in [6.45, 7) is 3.23. The zero-order valence-electron chi connectivity index (χ0n) is 13.5. The molecule has 1 atom stereocenters. The quantitative estimate of drug-likeness (QED) is 0.839. The first-order chi connectivity index (χ1) is 10.9. The van der Waals surface area contributed by atoms with Gasteiger partial charge in [-0.1, -0.05) is 0 Å². The van der Waals surface area contributed by atoms with E-state index in [1.807, 2.05) is 17.9 Å². The lowest BCUT2D eigenvalue weighted by Gasteiger charge is -2.36. The number of hydrogen-bond donors (Lipinski definition) is 0. The highest BCUT2D eigenvalue weighted by Gasteiger charge is 2.39. The molecule has 1 aromatic rings. The zero-order chi connectivity index (χ0) is 16.4. The molecule has 6 heteroatoms. The molecule has 23 heavy (non-hydrogen) atoms. The maximum absolute atomic E-state index is 13.3. The molecule has 4 nitrogen and oxygen atoms in total. The number of alkyl halides is 2. The third-order valence-electron chi connectivity index (χ3n) is 5.02. The van der Waals surface area contributed by atoms with Crippen LogP contribution in [0, 0.1) is 12.8 Å². The fourth-order valence-corrected chi connectivity index (χ4v) is 3.67. The van der Waals surface area contributed by atoms with E-state index < -0.39 is 5.92 Å². The van der Waals surface area contributed by atoms with Crippen LogP contribution in [0.5, 0.6) is 0 Å². The summed E-state index contributed by atoms with van der Waals surface area (Å²) in [6.07, 6.45) is 3.98. The summed E-state index contributed by atoms with van der Waals surface area (Å²) in [5.41, 5.74) is 0.977. The van der Waals surface area contributed by atoms with Crippen LogP contribution < -0.4 is 0 Å². The number of piperidine rings is 1. The number of nitrogens with zero attached hydrogens (tertiary/aromatic N) is 3. The normalized spacial score (nSPS) is 25.3. The van der Waals surface area contributed by atoms with Crippen molar-refractivity contribution in [2.24, 2.45) is 5.92 Å². The first-order valence-electron chi connectivity index (χ1n) is 8.41. The van der Waals surface area contributed by atoms with E-state index in [0.29, 0.717) is 19.4 Å². The van der Waals surface area contributed by atoms with Crippen LogP contribution in [0.15, 0.2) is 12.3 Å². The summed E-state index contributed by atoms with van der Waals surface area (Å²) >= 11 is 0. The molecule has 0 radical (unpaired) electrons. The van der Waals surface area contributed by atoms with Gasteiger partial charge in [-0.25, -0.2) is 18.7 Å². The standard InChI is InChI=1S/C17H23F2N3O/c1-12-20-9-6-15(21-12)14-3-2-10-22(11-14)16(23)13-4-7-17(18,19)8-5-13/h6,9,13-14H,2-5,7-8,10-11H2,1H3/t14-/m1/s1. The van der Waals surface area contributed by atoms with Gasteiger partial charge in [0.1, 0.15) is 5.82 Å². The molecule has 1 aliphatic carbocycles. The van der Waals surface area contributed by atoms with E-state index in [4.69, 9.17) is 0 Å². The Kier molecular flexibility index (Phi) is 4.60. The van der Waals surface area contributed by atoms with Gasteiger partial charge in [0.15, 0.2) is 0 Å². The van der Waals surface area contributed by atoms with E-state index in [1.54, 1.807) is 6.20 Å². The molecule has 3 rings (SSSR count). The minimum atomic E-state index is -2.58. The fraction of sp³-hybridized carbons (Fsp3) is 0.706. The lowest BCUT2D eigenvalue weighted by atomic mass is 9.85. The monoisotopic (exact) mass is 323 g/mol. The Bertz CT molecular complexity index is 569. The summed E-state index contributed by atoms with van der Waals surface area (Å²) in [7, 11) is 0. The van der Waals surface area contributed by atoms with Gasteiger partial charge in [0.25, 0.3) is 0 Å². The molecule has 0 spiro atoms. The van der Waals surface area contributed by atoms with Crippen molar-refractivity contribution in [1.29, 1.82) is 0 Å². The van der Waals surface area contributed by atoms with E-state index in [2.05, 4.69) is 9.97 Å². The summed E-state index contributed by atoms with van der Waals surface area (Å²) in [5.74, 6) is -1.81. The zero-order valence-corrected chi connectivity index (χ0v) is 13.5. The van der Waals surface area contributed by atoms with Crippen molar-refractivity contribution >= 4 is 5.91 Å². The average molecular weight is 323 g/mol. The third-order valence-corrected chi connectivity index (χ3v) is 5.02. The molecule has 126 valence electrons. The first-order valence-corrected chi connectivity index (χ1v) is 8.41. The molecule has 0 aromatic carbocycles. The molecule has 2 heterocycles. The van der Waals surface area contributed by atoms with Crippen LogP contribution in [-0.4, -0.2) is 39.8 Å². The lowest BCUT2D eigenvalue weighted by Crippen LogP contribution is -2.44. The van der Waals surface area contributed by atoms with Crippen LogP contribution in [0.25, 0.3) is 0 Å². The van der Waals surface area contributed by atoms with Gasteiger partial charge in [-0.2, -0.15) is 0 Å². The summed E-state index contributed by atoms with van der Waals surface area (Å²) < 4.78 is 26.5. The van der Waals surface area contributed by atoms with Crippen molar-refractivity contribution in [2.45, 2.75) is 57.3 Å². The van der Waals surface area contributed by atoms with Gasteiger partial charge in [-0.15, -0.1) is 0 Å². The minimum absolute atomic E-state index is 0.0518.